The molecule has 0 heterocycles. The number of hydrogen-bond donors (Lipinski definition) is 1. The number of hydrogen-bond acceptors (Lipinski definition) is 2. The number of thioether (sulfide) groups is 1. The molecule has 0 fully saturated rings. The maximum atomic E-state index is 12.9. The Bertz CT molecular complexity index is 686. The van der Waals surface area contributed by atoms with E-state index < -0.39 is 11.7 Å². The predicted molar refractivity (Wildman–Crippen MR) is 85.5 cm³/mol. The van der Waals surface area contributed by atoms with Crippen molar-refractivity contribution >= 4 is 34.2 Å². The third kappa shape index (κ3) is 4.68. The maximum absolute atomic E-state index is 12.9. The van der Waals surface area contributed by atoms with Gasteiger partial charge in [-0.1, -0.05) is 47.6 Å². The highest BCUT2D eigenvalue weighted by atomic mass is 35.5. The average Bonchev–Trinajstić information content (AvgIpc) is 2.45. The summed E-state index contributed by atoms with van der Waals surface area (Å²) in [5.41, 5.74) is 5.64. The van der Waals surface area contributed by atoms with Gasteiger partial charge in [-0.05, 0) is 29.8 Å². The van der Waals surface area contributed by atoms with E-state index in [9.17, 15) is 13.2 Å². The number of rotatable bonds is 3. The Hall–Kier alpha value is -1.66. The van der Waals surface area contributed by atoms with E-state index in [2.05, 4.69) is 4.99 Å². The van der Waals surface area contributed by atoms with Crippen molar-refractivity contribution in [3.8, 4) is 0 Å². The SMILES string of the molecule is NC(=Nc1ccccc1C(F)(F)F)SCc1cccc(Cl)c1. The number of benzene rings is 2. The van der Waals surface area contributed by atoms with Crippen molar-refractivity contribution in [3.05, 3.63) is 64.7 Å². The Morgan fingerprint density at radius 3 is 2.55 bits per heavy atom. The lowest BCUT2D eigenvalue weighted by Gasteiger charge is -2.10. The van der Waals surface area contributed by atoms with Crippen LogP contribution in [0.25, 0.3) is 0 Å². The van der Waals surface area contributed by atoms with Gasteiger partial charge in [0.1, 0.15) is 0 Å². The van der Waals surface area contributed by atoms with Crippen LogP contribution >= 0.6 is 23.4 Å². The van der Waals surface area contributed by atoms with Crippen LogP contribution in [0.3, 0.4) is 0 Å². The zero-order valence-electron chi connectivity index (χ0n) is 11.3. The Labute approximate surface area is 135 Å². The van der Waals surface area contributed by atoms with Crippen molar-refractivity contribution in [2.24, 2.45) is 10.7 Å². The second-order valence-corrected chi connectivity index (χ2v) is 5.82. The zero-order chi connectivity index (χ0) is 16.2. The minimum absolute atomic E-state index is 0.0664. The summed E-state index contributed by atoms with van der Waals surface area (Å²) in [6.45, 7) is 0. The number of aliphatic imine (C=N–C) groups is 1. The lowest BCUT2D eigenvalue weighted by atomic mass is 10.2. The summed E-state index contributed by atoms with van der Waals surface area (Å²) >= 11 is 7.02. The second-order valence-electron chi connectivity index (χ2n) is 4.38. The molecule has 0 aliphatic rings. The van der Waals surface area contributed by atoms with Crippen LogP contribution in [0.4, 0.5) is 18.9 Å². The molecule has 0 aliphatic carbocycles. The summed E-state index contributed by atoms with van der Waals surface area (Å²) in [6, 6.07) is 12.2. The molecule has 2 aromatic rings. The average molecular weight is 345 g/mol. The minimum Gasteiger partial charge on any atom is -0.378 e. The molecule has 2 rings (SSSR count). The third-order valence-corrected chi connectivity index (χ3v) is 3.82. The molecule has 0 aromatic heterocycles. The van der Waals surface area contributed by atoms with Gasteiger partial charge >= 0.3 is 6.18 Å². The van der Waals surface area contributed by atoms with Crippen LogP contribution in [-0.4, -0.2) is 5.17 Å². The zero-order valence-corrected chi connectivity index (χ0v) is 12.8. The number of halogens is 4. The topological polar surface area (TPSA) is 38.4 Å². The van der Waals surface area contributed by atoms with Crippen molar-refractivity contribution in [2.45, 2.75) is 11.9 Å². The summed E-state index contributed by atoms with van der Waals surface area (Å²) in [5.74, 6) is 0.476. The van der Waals surface area contributed by atoms with E-state index in [1.165, 1.54) is 18.2 Å². The second kappa shape index (κ2) is 7.07. The molecular formula is C15H12ClF3N2S. The Morgan fingerprint density at radius 2 is 1.86 bits per heavy atom. The summed E-state index contributed by atoms with van der Waals surface area (Å²) in [4.78, 5) is 3.87. The van der Waals surface area contributed by atoms with E-state index in [0.717, 1.165) is 23.4 Å². The van der Waals surface area contributed by atoms with Crippen LogP contribution in [0.5, 0.6) is 0 Å². The first-order valence-electron chi connectivity index (χ1n) is 6.24. The highest BCUT2D eigenvalue weighted by Gasteiger charge is 2.33. The fourth-order valence-corrected chi connectivity index (χ4v) is 2.62. The lowest BCUT2D eigenvalue weighted by Crippen LogP contribution is -2.09. The maximum Gasteiger partial charge on any atom is 0.418 e. The van der Waals surface area contributed by atoms with Crippen LogP contribution in [-0.2, 0) is 11.9 Å². The molecule has 0 aliphatic heterocycles. The van der Waals surface area contributed by atoms with E-state index >= 15 is 0 Å². The van der Waals surface area contributed by atoms with Gasteiger partial charge in [0, 0.05) is 10.8 Å². The van der Waals surface area contributed by atoms with Gasteiger partial charge in [-0.25, -0.2) is 4.99 Å². The van der Waals surface area contributed by atoms with Gasteiger partial charge in [-0.15, -0.1) is 0 Å². The number of nitrogens with two attached hydrogens (primary N) is 1. The molecule has 2 N–H and O–H groups in total. The van der Waals surface area contributed by atoms with Crippen molar-refractivity contribution in [3.63, 3.8) is 0 Å². The molecule has 0 unspecified atom stereocenters. The van der Waals surface area contributed by atoms with E-state index in [1.807, 2.05) is 6.07 Å². The first-order chi connectivity index (χ1) is 10.4. The third-order valence-electron chi connectivity index (χ3n) is 2.72. The van der Waals surface area contributed by atoms with E-state index in [1.54, 1.807) is 18.2 Å². The minimum atomic E-state index is -4.46. The number of para-hydroxylation sites is 1. The van der Waals surface area contributed by atoms with Crippen molar-refractivity contribution in [1.29, 1.82) is 0 Å². The largest absolute Gasteiger partial charge is 0.418 e. The number of amidine groups is 1. The molecule has 116 valence electrons. The van der Waals surface area contributed by atoms with Gasteiger partial charge < -0.3 is 5.73 Å². The summed E-state index contributed by atoms with van der Waals surface area (Å²) in [5, 5.41) is 0.660. The highest BCUT2D eigenvalue weighted by molar-refractivity contribution is 8.13. The summed E-state index contributed by atoms with van der Waals surface area (Å²) in [7, 11) is 0. The first-order valence-corrected chi connectivity index (χ1v) is 7.60. The Kier molecular flexibility index (Phi) is 5.37. The van der Waals surface area contributed by atoms with E-state index in [0.29, 0.717) is 10.8 Å². The quantitative estimate of drug-likeness (QED) is 0.611. The summed E-state index contributed by atoms with van der Waals surface area (Å²) in [6.07, 6.45) is -4.46. The van der Waals surface area contributed by atoms with Crippen molar-refractivity contribution in [2.75, 3.05) is 0 Å². The monoisotopic (exact) mass is 344 g/mol. The molecule has 2 nitrogen and oxygen atoms in total. The first kappa shape index (κ1) is 16.7. The van der Waals surface area contributed by atoms with Crippen LogP contribution in [0, 0.1) is 0 Å². The Balaban J connectivity index is 2.13. The van der Waals surface area contributed by atoms with Gasteiger partial charge in [0.15, 0.2) is 5.17 Å². The highest BCUT2D eigenvalue weighted by Crippen LogP contribution is 2.36. The Morgan fingerprint density at radius 1 is 1.14 bits per heavy atom. The molecule has 0 atom stereocenters. The van der Waals surface area contributed by atoms with Gasteiger partial charge in [0.2, 0.25) is 0 Å². The normalized spacial score (nSPS) is 12.5. The van der Waals surface area contributed by atoms with Crippen LogP contribution in [0.1, 0.15) is 11.1 Å². The molecule has 0 saturated heterocycles. The molecule has 0 radical (unpaired) electrons. The molecule has 0 spiro atoms. The predicted octanol–water partition coefficient (Wildman–Crippen LogP) is 5.24. The molecule has 0 bridgehead atoms. The van der Waals surface area contributed by atoms with Crippen molar-refractivity contribution in [1.82, 2.24) is 0 Å². The van der Waals surface area contributed by atoms with Gasteiger partial charge in [-0.2, -0.15) is 13.2 Å². The molecular weight excluding hydrogens is 333 g/mol. The smallest absolute Gasteiger partial charge is 0.378 e. The van der Waals surface area contributed by atoms with Crippen LogP contribution in [0.15, 0.2) is 53.5 Å². The van der Waals surface area contributed by atoms with E-state index in [4.69, 9.17) is 17.3 Å². The van der Waals surface area contributed by atoms with Crippen molar-refractivity contribution < 1.29 is 13.2 Å². The van der Waals surface area contributed by atoms with Gasteiger partial charge in [0.05, 0.1) is 11.3 Å². The van der Waals surface area contributed by atoms with E-state index in [-0.39, 0.29) is 10.9 Å². The van der Waals surface area contributed by atoms with Gasteiger partial charge in [0.25, 0.3) is 0 Å². The van der Waals surface area contributed by atoms with Crippen LogP contribution in [0.2, 0.25) is 5.02 Å². The fourth-order valence-electron chi connectivity index (χ4n) is 1.75. The molecule has 0 amide bonds. The molecule has 0 saturated carbocycles. The summed E-state index contributed by atoms with van der Waals surface area (Å²) < 4.78 is 38.6. The van der Waals surface area contributed by atoms with Gasteiger partial charge in [-0.3, -0.25) is 0 Å². The fraction of sp³-hybridized carbons (Fsp3) is 0.133. The lowest BCUT2D eigenvalue weighted by molar-refractivity contribution is -0.137. The number of alkyl halides is 3. The standard InChI is InChI=1S/C15H12ClF3N2S/c16-11-5-3-4-10(8-11)9-22-14(20)21-13-7-2-1-6-12(13)15(17,18)19/h1-8H,9H2,(H2,20,21). The molecule has 2 aromatic carbocycles. The molecule has 7 heteroatoms. The van der Waals surface area contributed by atoms with Crippen LogP contribution < -0.4 is 5.73 Å². The molecule has 22 heavy (non-hydrogen) atoms. The number of nitrogens with zero attached hydrogens (tertiary/aromatic N) is 1.